The molecule has 1 aromatic heterocycles. The second kappa shape index (κ2) is 9.70. The monoisotopic (exact) mass is 448 g/mol. The van der Waals surface area contributed by atoms with Crippen LogP contribution in [0.4, 0.5) is 5.82 Å². The number of carbonyl (C=O) groups excluding carboxylic acids is 1. The molecule has 0 spiro atoms. The Hall–Kier alpha value is -2.92. The number of aromatic nitrogens is 2. The predicted octanol–water partition coefficient (Wildman–Crippen LogP) is 5.58. The molecule has 0 saturated carbocycles. The highest BCUT2D eigenvalue weighted by Gasteiger charge is 2.25. The summed E-state index contributed by atoms with van der Waals surface area (Å²) in [4.78, 5) is 27.1. The van der Waals surface area contributed by atoms with Crippen molar-refractivity contribution in [3.63, 3.8) is 0 Å². The van der Waals surface area contributed by atoms with E-state index in [9.17, 15) is 4.79 Å². The lowest BCUT2D eigenvalue weighted by Gasteiger charge is -2.27. The van der Waals surface area contributed by atoms with Crippen LogP contribution < -0.4 is 4.90 Å². The Balaban J connectivity index is 1.61. The Bertz CT molecular complexity index is 1080. The minimum Gasteiger partial charge on any atom is -0.354 e. The first-order chi connectivity index (χ1) is 15.4. The lowest BCUT2D eigenvalue weighted by molar-refractivity contribution is 0.0767. The first kappa shape index (κ1) is 22.3. The van der Waals surface area contributed by atoms with Gasteiger partial charge in [-0.1, -0.05) is 55.8 Å². The zero-order valence-electron chi connectivity index (χ0n) is 18.9. The minimum absolute atomic E-state index is 0.0523. The number of amides is 1. The fourth-order valence-electron chi connectivity index (χ4n) is 4.31. The Morgan fingerprint density at radius 3 is 2.34 bits per heavy atom. The molecule has 166 valence electrons. The summed E-state index contributed by atoms with van der Waals surface area (Å²) < 4.78 is 0. The molecule has 5 nitrogen and oxygen atoms in total. The molecular formula is C26H29ClN4O. The number of anilines is 1. The van der Waals surface area contributed by atoms with Crippen molar-refractivity contribution in [2.75, 3.05) is 31.1 Å². The molecular weight excluding hydrogens is 420 g/mol. The maximum Gasteiger partial charge on any atom is 0.253 e. The van der Waals surface area contributed by atoms with E-state index in [4.69, 9.17) is 21.6 Å². The van der Waals surface area contributed by atoms with E-state index < -0.39 is 0 Å². The molecule has 0 unspecified atom stereocenters. The third-order valence-corrected chi connectivity index (χ3v) is 6.15. The molecule has 0 atom stereocenters. The van der Waals surface area contributed by atoms with Gasteiger partial charge in [-0.25, -0.2) is 9.97 Å². The summed E-state index contributed by atoms with van der Waals surface area (Å²) in [5.41, 5.74) is 3.89. The molecule has 2 aromatic carbocycles. The van der Waals surface area contributed by atoms with E-state index in [0.717, 1.165) is 49.0 Å². The number of nitrogens with zero attached hydrogens (tertiary/aromatic N) is 4. The summed E-state index contributed by atoms with van der Waals surface area (Å²) in [6.07, 6.45) is 0.889. The van der Waals surface area contributed by atoms with Gasteiger partial charge in [-0.2, -0.15) is 0 Å². The van der Waals surface area contributed by atoms with Gasteiger partial charge in [-0.3, -0.25) is 4.79 Å². The van der Waals surface area contributed by atoms with Crippen LogP contribution in [0.3, 0.4) is 0 Å². The molecule has 0 N–H and O–H groups in total. The Kier molecular flexibility index (Phi) is 6.75. The van der Waals surface area contributed by atoms with Crippen LogP contribution in [0.2, 0.25) is 5.02 Å². The highest BCUT2D eigenvalue weighted by Crippen LogP contribution is 2.31. The molecule has 0 radical (unpaired) electrons. The molecule has 4 rings (SSSR count). The average Bonchev–Trinajstić information content (AvgIpc) is 3.05. The number of benzene rings is 2. The van der Waals surface area contributed by atoms with E-state index in [1.807, 2.05) is 35.2 Å². The van der Waals surface area contributed by atoms with Gasteiger partial charge in [0.05, 0.1) is 0 Å². The van der Waals surface area contributed by atoms with Gasteiger partial charge in [0, 0.05) is 53.6 Å². The number of aryl methyl sites for hydroxylation is 1. The standard InChI is InChI=1S/C26H29ClN4O/c1-18(2)23-19(3)28-24(20-8-5-4-6-9-20)29-25(23)30-14-7-15-31(17-16-30)26(32)21-10-12-22(27)13-11-21/h4-6,8-13,18H,7,14-17H2,1-3H3. The molecule has 1 aliphatic heterocycles. The van der Waals surface area contributed by atoms with Crippen molar-refractivity contribution in [3.8, 4) is 11.4 Å². The van der Waals surface area contributed by atoms with Crippen LogP contribution in [-0.4, -0.2) is 47.0 Å². The molecule has 1 amide bonds. The molecule has 1 saturated heterocycles. The van der Waals surface area contributed by atoms with E-state index in [0.29, 0.717) is 23.0 Å². The van der Waals surface area contributed by atoms with Crippen molar-refractivity contribution in [1.82, 2.24) is 14.9 Å². The first-order valence-electron chi connectivity index (χ1n) is 11.2. The average molecular weight is 449 g/mol. The molecule has 0 aliphatic carbocycles. The fraction of sp³-hybridized carbons (Fsp3) is 0.346. The second-order valence-electron chi connectivity index (χ2n) is 8.53. The fourth-order valence-corrected chi connectivity index (χ4v) is 4.43. The maximum atomic E-state index is 13.0. The molecule has 1 fully saturated rings. The van der Waals surface area contributed by atoms with Crippen molar-refractivity contribution < 1.29 is 4.79 Å². The smallest absolute Gasteiger partial charge is 0.253 e. The van der Waals surface area contributed by atoms with Crippen molar-refractivity contribution in [2.45, 2.75) is 33.1 Å². The van der Waals surface area contributed by atoms with E-state index >= 15 is 0 Å². The van der Waals surface area contributed by atoms with Crippen LogP contribution in [-0.2, 0) is 0 Å². The normalized spacial score (nSPS) is 14.5. The van der Waals surface area contributed by atoms with Gasteiger partial charge in [-0.05, 0) is 43.5 Å². The summed E-state index contributed by atoms with van der Waals surface area (Å²) in [6, 6.07) is 17.2. The summed E-state index contributed by atoms with van der Waals surface area (Å²) in [7, 11) is 0. The van der Waals surface area contributed by atoms with Gasteiger partial charge in [0.1, 0.15) is 5.82 Å². The van der Waals surface area contributed by atoms with Crippen LogP contribution in [0, 0.1) is 6.92 Å². The maximum absolute atomic E-state index is 13.0. The summed E-state index contributed by atoms with van der Waals surface area (Å²) >= 11 is 5.98. The SMILES string of the molecule is Cc1nc(-c2ccccc2)nc(N2CCCN(C(=O)c3ccc(Cl)cc3)CC2)c1C(C)C. The van der Waals surface area contributed by atoms with Gasteiger partial charge in [0.25, 0.3) is 5.91 Å². The van der Waals surface area contributed by atoms with Crippen LogP contribution >= 0.6 is 11.6 Å². The van der Waals surface area contributed by atoms with Gasteiger partial charge in [-0.15, -0.1) is 0 Å². The predicted molar refractivity (Wildman–Crippen MR) is 130 cm³/mol. The summed E-state index contributed by atoms with van der Waals surface area (Å²) in [5.74, 6) is 2.11. The number of carbonyl (C=O) groups is 1. The highest BCUT2D eigenvalue weighted by molar-refractivity contribution is 6.30. The van der Waals surface area contributed by atoms with Gasteiger partial charge >= 0.3 is 0 Å². The summed E-state index contributed by atoms with van der Waals surface area (Å²) in [5, 5.41) is 0.637. The molecule has 3 aromatic rings. The molecule has 32 heavy (non-hydrogen) atoms. The minimum atomic E-state index is 0.0523. The number of halogens is 1. The van der Waals surface area contributed by atoms with Crippen LogP contribution in [0.1, 0.15) is 47.8 Å². The Labute approximate surface area is 195 Å². The van der Waals surface area contributed by atoms with Crippen molar-refractivity contribution >= 4 is 23.3 Å². The number of hydrogen-bond acceptors (Lipinski definition) is 4. The topological polar surface area (TPSA) is 49.3 Å². The van der Waals surface area contributed by atoms with E-state index in [1.165, 1.54) is 5.56 Å². The van der Waals surface area contributed by atoms with Crippen LogP contribution in [0.5, 0.6) is 0 Å². The zero-order valence-corrected chi connectivity index (χ0v) is 19.6. The van der Waals surface area contributed by atoms with Gasteiger partial charge < -0.3 is 9.80 Å². The number of rotatable bonds is 4. The number of hydrogen-bond donors (Lipinski definition) is 0. The third kappa shape index (κ3) is 4.78. The van der Waals surface area contributed by atoms with Gasteiger partial charge in [0.2, 0.25) is 0 Å². The van der Waals surface area contributed by atoms with E-state index in [2.05, 4.69) is 25.7 Å². The van der Waals surface area contributed by atoms with E-state index in [-0.39, 0.29) is 5.91 Å². The van der Waals surface area contributed by atoms with E-state index in [1.54, 1.807) is 24.3 Å². The van der Waals surface area contributed by atoms with Gasteiger partial charge in [0.15, 0.2) is 5.82 Å². The Morgan fingerprint density at radius 1 is 0.938 bits per heavy atom. The van der Waals surface area contributed by atoms with Crippen LogP contribution in [0.15, 0.2) is 54.6 Å². The largest absolute Gasteiger partial charge is 0.354 e. The van der Waals surface area contributed by atoms with Crippen molar-refractivity contribution in [1.29, 1.82) is 0 Å². The molecule has 6 heteroatoms. The third-order valence-electron chi connectivity index (χ3n) is 5.90. The summed E-state index contributed by atoms with van der Waals surface area (Å²) in [6.45, 7) is 9.42. The quantitative estimate of drug-likeness (QED) is 0.522. The second-order valence-corrected chi connectivity index (χ2v) is 8.97. The van der Waals surface area contributed by atoms with Crippen molar-refractivity contribution in [3.05, 3.63) is 76.4 Å². The van der Waals surface area contributed by atoms with Crippen LogP contribution in [0.25, 0.3) is 11.4 Å². The zero-order chi connectivity index (χ0) is 22.7. The molecule has 0 bridgehead atoms. The lowest BCUT2D eigenvalue weighted by Crippen LogP contribution is -2.35. The molecule has 2 heterocycles. The first-order valence-corrected chi connectivity index (χ1v) is 11.6. The molecule has 1 aliphatic rings. The van der Waals surface area contributed by atoms with Crippen molar-refractivity contribution in [2.24, 2.45) is 0 Å². The lowest BCUT2D eigenvalue weighted by atomic mass is 10.0. The Morgan fingerprint density at radius 2 is 1.66 bits per heavy atom. The highest BCUT2D eigenvalue weighted by atomic mass is 35.5.